The highest BCUT2D eigenvalue weighted by atomic mass is 28.4. The van der Waals surface area contributed by atoms with Crippen molar-refractivity contribution in [3.63, 3.8) is 0 Å². The highest BCUT2D eigenvalue weighted by Gasteiger charge is 2.46. The van der Waals surface area contributed by atoms with E-state index < -0.39 is 8.32 Å². The number of methoxy groups -OCH3 is 1. The molecule has 0 heterocycles. The maximum atomic E-state index is 6.57. The average molecular weight is 385 g/mol. The SMILES string of the molecule is COC(=C1C2CC3CC(C2)CC1C3)c1cccc(O[Si](C)(C)C(C)(C)C)c1. The summed E-state index contributed by atoms with van der Waals surface area (Å²) in [6.45, 7) is 11.5. The number of rotatable bonds is 4. The lowest BCUT2D eigenvalue weighted by atomic mass is 9.54. The van der Waals surface area contributed by atoms with Crippen LogP contribution in [0.25, 0.3) is 5.76 Å². The van der Waals surface area contributed by atoms with Crippen LogP contribution < -0.4 is 4.43 Å². The third kappa shape index (κ3) is 3.48. The van der Waals surface area contributed by atoms with Gasteiger partial charge in [0.05, 0.1) is 7.11 Å². The Bertz CT molecular complexity index is 711. The molecule has 0 aromatic heterocycles. The van der Waals surface area contributed by atoms with Crippen LogP contribution in [0.2, 0.25) is 18.1 Å². The minimum atomic E-state index is -1.84. The molecule has 1 aromatic carbocycles. The van der Waals surface area contributed by atoms with Gasteiger partial charge in [0.15, 0.2) is 0 Å². The van der Waals surface area contributed by atoms with E-state index in [-0.39, 0.29) is 5.04 Å². The molecule has 5 rings (SSSR count). The molecule has 27 heavy (non-hydrogen) atoms. The largest absolute Gasteiger partial charge is 0.543 e. The second-order valence-corrected chi connectivity index (χ2v) is 15.4. The number of ether oxygens (including phenoxy) is 1. The molecule has 1 aromatic rings. The molecule has 0 aliphatic heterocycles. The maximum absolute atomic E-state index is 6.57. The van der Waals surface area contributed by atoms with Crippen molar-refractivity contribution in [1.82, 2.24) is 0 Å². The van der Waals surface area contributed by atoms with Gasteiger partial charge in [-0.3, -0.25) is 0 Å². The normalized spacial score (nSPS) is 29.8. The van der Waals surface area contributed by atoms with E-state index in [4.69, 9.17) is 9.16 Å². The Morgan fingerprint density at radius 1 is 0.963 bits per heavy atom. The van der Waals surface area contributed by atoms with Gasteiger partial charge >= 0.3 is 0 Å². The van der Waals surface area contributed by atoms with Gasteiger partial charge in [-0.15, -0.1) is 0 Å². The second kappa shape index (κ2) is 6.68. The van der Waals surface area contributed by atoms with E-state index >= 15 is 0 Å². The predicted molar refractivity (Wildman–Crippen MR) is 115 cm³/mol. The van der Waals surface area contributed by atoms with Crippen LogP contribution in [0.3, 0.4) is 0 Å². The van der Waals surface area contributed by atoms with Gasteiger partial charge in [-0.1, -0.05) is 32.9 Å². The summed E-state index contributed by atoms with van der Waals surface area (Å²) in [4.78, 5) is 0. The molecular formula is C24H36O2Si. The van der Waals surface area contributed by atoms with Gasteiger partial charge in [-0.05, 0) is 91.6 Å². The summed E-state index contributed by atoms with van der Waals surface area (Å²) >= 11 is 0. The zero-order chi connectivity index (χ0) is 19.4. The molecular weight excluding hydrogens is 348 g/mol. The number of hydrogen-bond acceptors (Lipinski definition) is 2. The number of benzene rings is 1. The van der Waals surface area contributed by atoms with Gasteiger partial charge in [0.25, 0.3) is 0 Å². The van der Waals surface area contributed by atoms with Gasteiger partial charge in [0.2, 0.25) is 8.32 Å². The van der Waals surface area contributed by atoms with Crippen LogP contribution in [0.5, 0.6) is 5.75 Å². The van der Waals surface area contributed by atoms with Crippen molar-refractivity contribution in [2.45, 2.75) is 71.0 Å². The Hall–Kier alpha value is -1.22. The first-order valence-electron chi connectivity index (χ1n) is 10.8. The lowest BCUT2D eigenvalue weighted by Gasteiger charge is -2.51. The molecule has 0 amide bonds. The third-order valence-corrected chi connectivity index (χ3v) is 12.1. The van der Waals surface area contributed by atoms with E-state index in [0.29, 0.717) is 0 Å². The molecule has 0 atom stereocenters. The topological polar surface area (TPSA) is 18.5 Å². The highest BCUT2D eigenvalue weighted by Crippen LogP contribution is 2.58. The molecule has 4 saturated carbocycles. The van der Waals surface area contributed by atoms with Crippen molar-refractivity contribution in [2.75, 3.05) is 7.11 Å². The Balaban J connectivity index is 1.66. The fraction of sp³-hybridized carbons (Fsp3) is 0.667. The molecule has 0 radical (unpaired) electrons. The van der Waals surface area contributed by atoms with Crippen LogP contribution in [0.15, 0.2) is 29.8 Å². The van der Waals surface area contributed by atoms with Crippen molar-refractivity contribution in [3.05, 3.63) is 35.4 Å². The van der Waals surface area contributed by atoms with Crippen molar-refractivity contribution < 1.29 is 9.16 Å². The second-order valence-electron chi connectivity index (χ2n) is 10.7. The smallest absolute Gasteiger partial charge is 0.250 e. The molecule has 3 heteroatoms. The van der Waals surface area contributed by atoms with Gasteiger partial charge in [0.1, 0.15) is 11.5 Å². The number of hydrogen-bond donors (Lipinski definition) is 0. The van der Waals surface area contributed by atoms with E-state index in [1.807, 2.05) is 7.11 Å². The lowest BCUT2D eigenvalue weighted by molar-refractivity contribution is 0.0675. The molecule has 0 unspecified atom stereocenters. The predicted octanol–water partition coefficient (Wildman–Crippen LogP) is 6.88. The fourth-order valence-corrected chi connectivity index (χ4v) is 6.64. The van der Waals surface area contributed by atoms with Crippen LogP contribution in [0.4, 0.5) is 0 Å². The van der Waals surface area contributed by atoms with Crippen molar-refractivity contribution in [1.29, 1.82) is 0 Å². The van der Waals surface area contributed by atoms with Crippen LogP contribution >= 0.6 is 0 Å². The lowest BCUT2D eigenvalue weighted by Crippen LogP contribution is -2.43. The quantitative estimate of drug-likeness (QED) is 0.416. The van der Waals surface area contributed by atoms with E-state index in [0.717, 1.165) is 35.2 Å². The van der Waals surface area contributed by atoms with Gasteiger partial charge in [0, 0.05) is 5.56 Å². The summed E-state index contributed by atoms with van der Waals surface area (Å²) < 4.78 is 12.6. The molecule has 4 bridgehead atoms. The van der Waals surface area contributed by atoms with Gasteiger partial charge in [-0.25, -0.2) is 0 Å². The Morgan fingerprint density at radius 2 is 1.56 bits per heavy atom. The van der Waals surface area contributed by atoms with Crippen LogP contribution in [-0.2, 0) is 4.74 Å². The van der Waals surface area contributed by atoms with E-state index in [1.165, 1.54) is 37.7 Å². The summed E-state index contributed by atoms with van der Waals surface area (Å²) in [5, 5.41) is 0.201. The summed E-state index contributed by atoms with van der Waals surface area (Å²) in [6.07, 6.45) is 7.02. The highest BCUT2D eigenvalue weighted by molar-refractivity contribution is 6.74. The van der Waals surface area contributed by atoms with Gasteiger partial charge < -0.3 is 9.16 Å². The average Bonchev–Trinajstić information content (AvgIpc) is 2.56. The molecule has 4 aliphatic rings. The summed E-state index contributed by atoms with van der Waals surface area (Å²) in [6, 6.07) is 8.67. The van der Waals surface area contributed by atoms with E-state index in [1.54, 1.807) is 5.57 Å². The molecule has 0 spiro atoms. The van der Waals surface area contributed by atoms with Crippen molar-refractivity contribution in [2.24, 2.45) is 23.7 Å². The van der Waals surface area contributed by atoms with Crippen LogP contribution in [-0.4, -0.2) is 15.4 Å². The first kappa shape index (κ1) is 19.1. The Morgan fingerprint density at radius 3 is 2.07 bits per heavy atom. The van der Waals surface area contributed by atoms with Gasteiger partial charge in [-0.2, -0.15) is 0 Å². The fourth-order valence-electron chi connectivity index (χ4n) is 5.61. The Labute approximate surface area is 166 Å². The maximum Gasteiger partial charge on any atom is 0.250 e. The summed E-state index contributed by atoms with van der Waals surface area (Å²) in [5.41, 5.74) is 2.82. The molecule has 0 saturated heterocycles. The summed E-state index contributed by atoms with van der Waals surface area (Å²) in [7, 11) is 0.0198. The first-order chi connectivity index (χ1) is 12.7. The number of allylic oxidation sites excluding steroid dienone is 1. The molecule has 148 valence electrons. The molecule has 4 fully saturated rings. The Kier molecular flexibility index (Phi) is 4.73. The van der Waals surface area contributed by atoms with Crippen LogP contribution in [0.1, 0.15) is 58.4 Å². The minimum absolute atomic E-state index is 0.201. The minimum Gasteiger partial charge on any atom is -0.543 e. The van der Waals surface area contributed by atoms with E-state index in [9.17, 15) is 0 Å². The molecule has 4 aliphatic carbocycles. The summed E-state index contributed by atoms with van der Waals surface area (Å²) in [5.74, 6) is 5.59. The molecule has 2 nitrogen and oxygen atoms in total. The zero-order valence-electron chi connectivity index (χ0n) is 18.0. The standard InChI is InChI=1S/C24H36O2Si/c1-24(2,3)27(5,6)26-21-9-7-8-18(15-21)23(25-4)22-19-11-16-10-17(13-19)14-20(22)12-16/h7-9,15-17,19-20H,10-14H2,1-6H3. The van der Waals surface area contributed by atoms with Crippen molar-refractivity contribution in [3.8, 4) is 5.75 Å². The zero-order valence-corrected chi connectivity index (χ0v) is 19.0. The van der Waals surface area contributed by atoms with Crippen molar-refractivity contribution >= 4 is 14.1 Å². The monoisotopic (exact) mass is 384 g/mol. The van der Waals surface area contributed by atoms with E-state index in [2.05, 4.69) is 58.1 Å². The third-order valence-electron chi connectivity index (χ3n) is 7.76. The molecule has 0 N–H and O–H groups in total. The first-order valence-corrected chi connectivity index (χ1v) is 13.7. The van der Waals surface area contributed by atoms with Crippen LogP contribution in [0, 0.1) is 23.7 Å².